The molecule has 0 fully saturated rings. The van der Waals surface area contributed by atoms with E-state index < -0.39 is 0 Å². The zero-order valence-corrected chi connectivity index (χ0v) is 73.5. The van der Waals surface area contributed by atoms with E-state index in [0.29, 0.717) is 153 Å². The van der Waals surface area contributed by atoms with Crippen molar-refractivity contribution in [2.75, 3.05) is 14.2 Å². The molecule has 20 aromatic rings. The van der Waals surface area contributed by atoms with Crippen molar-refractivity contribution in [2.45, 2.75) is 39.4 Å². The van der Waals surface area contributed by atoms with Gasteiger partial charge in [0.2, 0.25) is 11.8 Å². The number of benzene rings is 6. The van der Waals surface area contributed by atoms with Gasteiger partial charge in [-0.15, -0.1) is 0 Å². The van der Waals surface area contributed by atoms with Crippen LogP contribution in [0.2, 0.25) is 5.15 Å². The van der Waals surface area contributed by atoms with Crippen LogP contribution < -0.4 is 24.5 Å². The Morgan fingerprint density at radius 2 is 0.754 bits per heavy atom. The van der Waals surface area contributed by atoms with Crippen LogP contribution in [0.4, 0.5) is 17.6 Å². The van der Waals surface area contributed by atoms with Gasteiger partial charge in [0.15, 0.2) is 23.3 Å². The highest BCUT2D eigenvalue weighted by molar-refractivity contribution is 9.10. The first-order valence-corrected chi connectivity index (χ1v) is 43.1. The minimum atomic E-state index is -0.327. The molecule has 14 heterocycles. The van der Waals surface area contributed by atoms with Crippen molar-refractivity contribution in [1.82, 2.24) is 99.6 Å². The van der Waals surface area contributed by atoms with Gasteiger partial charge in [0.05, 0.1) is 83.2 Å². The molecule has 0 atom stereocenters. The molecule has 29 nitrogen and oxygen atoms in total. The van der Waals surface area contributed by atoms with E-state index in [-0.39, 0.29) is 60.2 Å². The lowest BCUT2D eigenvalue weighted by Crippen LogP contribution is -2.11. The molecule has 0 amide bonds. The lowest BCUT2D eigenvalue weighted by atomic mass is 10.2. The molecule has 38 heteroatoms. The van der Waals surface area contributed by atoms with Crippen molar-refractivity contribution in [3.63, 3.8) is 0 Å². The molecule has 20 rings (SSSR count). The van der Waals surface area contributed by atoms with Gasteiger partial charge in [-0.25, -0.2) is 42.5 Å². The van der Waals surface area contributed by atoms with Crippen molar-refractivity contribution in [3.05, 3.63) is 359 Å². The van der Waals surface area contributed by atoms with Gasteiger partial charge in [-0.1, -0.05) is 129 Å². The van der Waals surface area contributed by atoms with Crippen LogP contribution in [0.1, 0.15) is 33.4 Å². The summed E-state index contributed by atoms with van der Waals surface area (Å²) in [5.74, 6) is 2.49. The fourth-order valence-corrected chi connectivity index (χ4v) is 15.0. The molecule has 130 heavy (non-hydrogen) atoms. The van der Waals surface area contributed by atoms with E-state index >= 15 is 0 Å². The number of hydrogen-bond donors (Lipinski definition) is 1. The van der Waals surface area contributed by atoms with Crippen molar-refractivity contribution in [3.8, 4) is 137 Å². The van der Waals surface area contributed by atoms with E-state index in [2.05, 4.69) is 103 Å². The Labute approximate surface area is 764 Å². The molecule has 0 radical (unpaired) electrons. The summed E-state index contributed by atoms with van der Waals surface area (Å²) in [6.45, 7) is 1.43. The molecule has 0 saturated heterocycles. The topological polar surface area (TPSA) is 335 Å². The van der Waals surface area contributed by atoms with Crippen LogP contribution in [-0.2, 0) is 39.4 Å². The molecule has 0 aliphatic rings. The Balaban J connectivity index is 0.000000123. The van der Waals surface area contributed by atoms with E-state index in [1.54, 1.807) is 178 Å². The van der Waals surface area contributed by atoms with E-state index in [1.165, 1.54) is 66.9 Å². The third-order valence-corrected chi connectivity index (χ3v) is 22.7. The third kappa shape index (κ3) is 20.7. The molecule has 14 aromatic heterocycles. The Morgan fingerprint density at radius 1 is 0.400 bits per heavy atom. The van der Waals surface area contributed by atoms with Gasteiger partial charge in [-0.2, -0.15) is 53.0 Å². The third-order valence-electron chi connectivity index (χ3n) is 19.7. The van der Waals surface area contributed by atoms with Crippen molar-refractivity contribution >= 4 is 66.1 Å². The van der Waals surface area contributed by atoms with E-state index in [1.807, 2.05) is 88.3 Å². The Morgan fingerprint density at radius 3 is 1.12 bits per heavy atom. The maximum Gasteiger partial charge on any atom is 0.259 e. The molecule has 0 saturated carbocycles. The Kier molecular flexibility index (Phi) is 27.1. The number of thiophene rings is 2. The highest BCUT2D eigenvalue weighted by atomic mass is 79.9. The number of rotatable bonds is 26. The lowest BCUT2D eigenvalue weighted by Gasteiger charge is -2.11. The highest BCUT2D eigenvalue weighted by Crippen LogP contribution is 2.37. The predicted octanol–water partition coefficient (Wildman–Crippen LogP) is 20.8. The number of ether oxygens (including phenoxy) is 4. The summed E-state index contributed by atoms with van der Waals surface area (Å²) in [6.07, 6.45) is 12.3. The molecule has 0 aliphatic heterocycles. The zero-order valence-electron chi connectivity index (χ0n) is 67.9. The summed E-state index contributed by atoms with van der Waals surface area (Å²) in [5.41, 5.74) is 13.4. The Hall–Kier alpha value is -15.3. The molecule has 1 N–H and O–H groups in total. The van der Waals surface area contributed by atoms with Crippen LogP contribution in [0.15, 0.2) is 309 Å². The first-order chi connectivity index (χ1) is 63.6. The maximum absolute atomic E-state index is 14.5. The molecule has 0 aliphatic carbocycles. The largest absolute Gasteiger partial charge is 0.497 e. The summed E-state index contributed by atoms with van der Waals surface area (Å²) < 4.78 is 107. The molecule has 0 bridgehead atoms. The number of aromatic amines is 1. The minimum Gasteiger partial charge on any atom is -0.497 e. The predicted molar refractivity (Wildman–Crippen MR) is 482 cm³/mol. The van der Waals surface area contributed by atoms with Crippen LogP contribution in [0, 0.1) is 23.3 Å². The summed E-state index contributed by atoms with van der Waals surface area (Å²) in [5, 5.41) is 42.5. The fourth-order valence-electron chi connectivity index (χ4n) is 13.1. The molecule has 6 aromatic carbocycles. The summed E-state index contributed by atoms with van der Waals surface area (Å²) >= 11 is 15.8. The molecular weight excluding hydrogens is 1860 g/mol. The average molecular weight is 1930 g/mol. The van der Waals surface area contributed by atoms with Crippen molar-refractivity contribution in [1.29, 1.82) is 0 Å². The van der Waals surface area contributed by atoms with Crippen LogP contribution in [0.5, 0.6) is 23.3 Å². The van der Waals surface area contributed by atoms with Crippen LogP contribution in [0.25, 0.3) is 114 Å². The standard InChI is InChI=1S/C29H22FN5O3S.C25H19BrFN5O3.C21H14FN5O2S.C17H10BrClFN5O/c1-36-22-8-6-19(7-9-22)17-37-29-23(21-11-13-39-18-21)15-31-28(32-29)26-14-27(25-10-12-38-34-25)35(33-26)16-20-4-2-3-5-24(20)30;1-33-18-8-6-16(7-9-18)15-34-25-19(26)13-28-24(29-25)22-12-23(21-10-11-35-31-21)32(30-22)14-17-4-2-3-5-20(17)27;22-16-4-2-1-3-13(16)11-27-19(17-5-7-29-26-17)9-18(25-27)20-23-10-15(21(28)24-20)14-6-8-30-12-14;18-11-8-21-17(22-16(11)19)14-7-15(13-5-6-26-24-13)25(23-14)9-10-3-1-2-4-12(10)20/h2-15,18H,16-17H2,1H3;2-13H,14-15H2,1H3;1-10,12H,11H2,(H,23,24,28);1-8H,9H2. The lowest BCUT2D eigenvalue weighted by molar-refractivity contribution is 0.291. The fraction of sp³-hybridized carbons (Fsp3) is 0.0870. The minimum absolute atomic E-state index is 0.187. The van der Waals surface area contributed by atoms with Crippen molar-refractivity contribution in [2.24, 2.45) is 0 Å². The second-order valence-electron chi connectivity index (χ2n) is 28.1. The molecule has 0 unspecified atom stereocenters. The van der Waals surface area contributed by atoms with Crippen molar-refractivity contribution < 1.29 is 54.6 Å². The number of hydrogen-bond acceptors (Lipinski definition) is 26. The molecule has 0 spiro atoms. The second-order valence-corrected chi connectivity index (χ2v) is 31.7. The van der Waals surface area contributed by atoms with Gasteiger partial charge in [0.25, 0.3) is 5.56 Å². The van der Waals surface area contributed by atoms with Gasteiger partial charge < -0.3 is 42.0 Å². The first-order valence-electron chi connectivity index (χ1n) is 39.2. The van der Waals surface area contributed by atoms with Crippen LogP contribution in [0.3, 0.4) is 0 Å². The van der Waals surface area contributed by atoms with E-state index in [9.17, 15) is 22.4 Å². The smallest absolute Gasteiger partial charge is 0.259 e. The maximum atomic E-state index is 14.5. The normalized spacial score (nSPS) is 11.0. The average Bonchev–Trinajstić information content (AvgIpc) is 1.65. The Bertz CT molecular complexity index is 7260. The zero-order chi connectivity index (χ0) is 89.4. The molecule has 648 valence electrons. The van der Waals surface area contributed by atoms with Gasteiger partial charge in [0, 0.05) is 71.3 Å². The van der Waals surface area contributed by atoms with Gasteiger partial charge in [-0.3, -0.25) is 23.5 Å². The summed E-state index contributed by atoms with van der Waals surface area (Å²) in [4.78, 5) is 46.5. The summed E-state index contributed by atoms with van der Waals surface area (Å²) in [6, 6.07) is 59.2. The monoisotopic (exact) mass is 1930 g/mol. The number of halogens is 7. The van der Waals surface area contributed by atoms with E-state index in [0.717, 1.165) is 39.3 Å². The second kappa shape index (κ2) is 40.6. The number of H-pyrrole nitrogens is 1. The van der Waals surface area contributed by atoms with Crippen LogP contribution >= 0.6 is 66.1 Å². The molecular formula is C92H65Br2ClF4N20O9S2. The highest BCUT2D eigenvalue weighted by Gasteiger charge is 2.25. The summed E-state index contributed by atoms with van der Waals surface area (Å²) in [7, 11) is 3.25. The van der Waals surface area contributed by atoms with Crippen LogP contribution in [-0.4, -0.2) is 114 Å². The van der Waals surface area contributed by atoms with Gasteiger partial charge in [0.1, 0.15) is 124 Å². The quantitative estimate of drug-likeness (QED) is 0.0389. The van der Waals surface area contributed by atoms with E-state index in [4.69, 9.17) is 58.7 Å². The SMILES string of the molecule is COc1ccc(COc2nc(-c3cc(-c4ccon4)n(Cc4ccccc4F)n3)ncc2-c2ccsc2)cc1.COc1ccc(COc2nc(-c3cc(-c4ccon4)n(Cc4ccccc4F)n3)ncc2Br)cc1.Fc1ccccc1Cn1nc(-c2ncc(Br)c(Cl)n2)cc1-c1ccon1.O=c1[nH]c(-c2cc(-c3ccon3)n(Cc3ccccc3F)n2)ncc1-c1ccsc1. The number of methoxy groups -OCH3 is 2. The first kappa shape index (κ1) is 86.8. The van der Waals surface area contributed by atoms with Gasteiger partial charge >= 0.3 is 0 Å². The number of nitrogens with one attached hydrogen (secondary N) is 1. The van der Waals surface area contributed by atoms with Gasteiger partial charge in [-0.05, 0) is 161 Å². The number of nitrogens with zero attached hydrogens (tertiary/aromatic N) is 19. The number of aromatic nitrogens is 20.